The lowest BCUT2D eigenvalue weighted by Crippen LogP contribution is -2.60. The predicted octanol–water partition coefficient (Wildman–Crippen LogP) is 1.74. The van der Waals surface area contributed by atoms with E-state index in [-0.39, 0.29) is 13.0 Å². The average Bonchev–Trinajstić information content (AvgIpc) is 2.84. The number of aliphatic hydroxyl groups excluding tert-OH is 4. The highest BCUT2D eigenvalue weighted by Gasteiger charge is 2.45. The third-order valence-electron chi connectivity index (χ3n) is 6.41. The molecule has 0 unspecified atom stereocenters. The first-order valence-corrected chi connectivity index (χ1v) is 15.2. The van der Waals surface area contributed by atoms with Crippen LogP contribution in [0.2, 0.25) is 0 Å². The van der Waals surface area contributed by atoms with Crippen molar-refractivity contribution in [3.8, 4) is 0 Å². The van der Waals surface area contributed by atoms with E-state index < -0.39 is 65.3 Å². The van der Waals surface area contributed by atoms with Gasteiger partial charge < -0.3 is 39.2 Å². The van der Waals surface area contributed by atoms with Crippen molar-refractivity contribution in [1.82, 2.24) is 0 Å². The lowest BCUT2D eigenvalue weighted by atomic mass is 10.00. The molecule has 0 amide bonds. The maximum Gasteiger partial charge on any atom is 0.305 e. The second-order valence-electron chi connectivity index (χ2n) is 9.90. The van der Waals surface area contributed by atoms with Gasteiger partial charge in [-0.1, -0.05) is 84.0 Å². The molecule has 0 aliphatic carbocycles. The summed E-state index contributed by atoms with van der Waals surface area (Å²) in [7, 11) is -4.78. The number of unbranched alkanes of at least 4 members (excludes halogenated alkanes) is 12. The lowest BCUT2D eigenvalue weighted by Gasteiger charge is -2.40. The Morgan fingerprint density at radius 3 is 1.86 bits per heavy atom. The van der Waals surface area contributed by atoms with Crippen LogP contribution < -0.4 is 0 Å². The van der Waals surface area contributed by atoms with Gasteiger partial charge >= 0.3 is 5.97 Å². The fourth-order valence-electron chi connectivity index (χ4n) is 4.20. The number of ether oxygens (including phenoxy) is 3. The van der Waals surface area contributed by atoms with E-state index in [1.54, 1.807) is 0 Å². The van der Waals surface area contributed by atoms with E-state index >= 15 is 0 Å². The number of hydrogen-bond acceptors (Lipinski definition) is 11. The number of carbonyl (C=O) groups is 1. The third kappa shape index (κ3) is 16.0. The standard InChI is InChI=1S/C25H48O11S/c1-2-3-4-5-6-7-8-9-10-11-12-13-14-15-21(27)34-16-19(26)17-35-25-24(30)23(29)22(28)20(36-25)18-37(31,32)33/h19-20,22-26,28-30H,2-18H2,1H3,(H,31,32,33)/p-1/t19-,20+,22+,23-,24+,25-/m0/s1. The Kier molecular flexibility index (Phi) is 17.8. The lowest BCUT2D eigenvalue weighted by molar-refractivity contribution is -0.296. The molecule has 1 heterocycles. The summed E-state index contributed by atoms with van der Waals surface area (Å²) in [4.78, 5) is 11.9. The molecule has 0 bridgehead atoms. The minimum Gasteiger partial charge on any atom is -0.748 e. The van der Waals surface area contributed by atoms with Crippen LogP contribution in [0.1, 0.15) is 96.8 Å². The molecule has 1 aliphatic heterocycles. The fraction of sp³-hybridized carbons (Fsp3) is 0.960. The fourth-order valence-corrected chi connectivity index (χ4v) is 4.87. The van der Waals surface area contributed by atoms with Crippen LogP contribution in [0.5, 0.6) is 0 Å². The molecule has 1 saturated heterocycles. The number of esters is 1. The Hall–Kier alpha value is -0.860. The van der Waals surface area contributed by atoms with Crippen LogP contribution in [0.15, 0.2) is 0 Å². The van der Waals surface area contributed by atoms with Crippen LogP contribution in [0.3, 0.4) is 0 Å². The van der Waals surface area contributed by atoms with E-state index in [2.05, 4.69) is 6.92 Å². The Bertz CT molecular complexity index is 703. The van der Waals surface area contributed by atoms with Gasteiger partial charge in [0.1, 0.15) is 37.1 Å². The molecule has 1 aliphatic rings. The molecule has 0 aromatic carbocycles. The van der Waals surface area contributed by atoms with Crippen molar-refractivity contribution in [3.05, 3.63) is 0 Å². The topological polar surface area (TPSA) is 183 Å². The van der Waals surface area contributed by atoms with Crippen molar-refractivity contribution < 1.29 is 52.4 Å². The largest absolute Gasteiger partial charge is 0.748 e. The molecular weight excluding hydrogens is 508 g/mol. The van der Waals surface area contributed by atoms with E-state index in [0.717, 1.165) is 19.3 Å². The Balaban J connectivity index is 2.10. The molecule has 37 heavy (non-hydrogen) atoms. The SMILES string of the molecule is CCCCCCCCCCCCCCCC(=O)OC[C@H](O)CO[C@H]1O[C@H](CS(=O)(=O)[O-])[C@@H](O)[C@H](O)[C@H]1O. The Morgan fingerprint density at radius 2 is 1.35 bits per heavy atom. The van der Waals surface area contributed by atoms with Gasteiger partial charge in [0, 0.05) is 6.42 Å². The summed E-state index contributed by atoms with van der Waals surface area (Å²) in [5.41, 5.74) is 0. The van der Waals surface area contributed by atoms with Gasteiger partial charge in [-0.05, 0) is 6.42 Å². The van der Waals surface area contributed by atoms with Crippen LogP contribution >= 0.6 is 0 Å². The highest BCUT2D eigenvalue weighted by Crippen LogP contribution is 2.23. The quantitative estimate of drug-likeness (QED) is 0.0919. The highest BCUT2D eigenvalue weighted by molar-refractivity contribution is 7.85. The van der Waals surface area contributed by atoms with Crippen molar-refractivity contribution in [2.24, 2.45) is 0 Å². The normalized spacial score (nSPS) is 25.2. The molecule has 220 valence electrons. The van der Waals surface area contributed by atoms with Crippen LogP contribution in [0, 0.1) is 0 Å². The minimum absolute atomic E-state index is 0.241. The molecular formula is C25H47O11S-. The number of rotatable bonds is 21. The average molecular weight is 556 g/mol. The van der Waals surface area contributed by atoms with Crippen molar-refractivity contribution in [3.63, 3.8) is 0 Å². The maximum atomic E-state index is 11.9. The van der Waals surface area contributed by atoms with Gasteiger partial charge in [-0.25, -0.2) is 8.42 Å². The zero-order chi connectivity index (χ0) is 27.7. The second-order valence-corrected chi connectivity index (χ2v) is 11.4. The Labute approximate surface area is 221 Å². The first kappa shape index (κ1) is 34.2. The van der Waals surface area contributed by atoms with Crippen molar-refractivity contribution in [2.75, 3.05) is 19.0 Å². The molecule has 1 fully saturated rings. The van der Waals surface area contributed by atoms with Gasteiger partial charge in [-0.15, -0.1) is 0 Å². The molecule has 11 nitrogen and oxygen atoms in total. The smallest absolute Gasteiger partial charge is 0.305 e. The molecule has 0 aromatic heterocycles. The van der Waals surface area contributed by atoms with Gasteiger partial charge in [0.15, 0.2) is 6.29 Å². The minimum atomic E-state index is -4.78. The van der Waals surface area contributed by atoms with Gasteiger partial charge in [-0.3, -0.25) is 4.79 Å². The van der Waals surface area contributed by atoms with E-state index in [4.69, 9.17) is 14.2 Å². The van der Waals surface area contributed by atoms with E-state index in [1.165, 1.54) is 57.8 Å². The summed E-state index contributed by atoms with van der Waals surface area (Å²) in [6, 6.07) is 0. The molecule has 0 radical (unpaired) electrons. The third-order valence-corrected chi connectivity index (χ3v) is 7.15. The first-order chi connectivity index (χ1) is 17.5. The first-order valence-electron chi connectivity index (χ1n) is 13.6. The summed E-state index contributed by atoms with van der Waals surface area (Å²) >= 11 is 0. The molecule has 0 aromatic rings. The van der Waals surface area contributed by atoms with Crippen molar-refractivity contribution in [1.29, 1.82) is 0 Å². The predicted molar refractivity (Wildman–Crippen MR) is 134 cm³/mol. The second kappa shape index (κ2) is 19.2. The maximum absolute atomic E-state index is 11.9. The zero-order valence-electron chi connectivity index (χ0n) is 22.0. The van der Waals surface area contributed by atoms with Gasteiger partial charge in [0.05, 0.1) is 22.5 Å². The molecule has 12 heteroatoms. The van der Waals surface area contributed by atoms with E-state index in [1.807, 2.05) is 0 Å². The summed E-state index contributed by atoms with van der Waals surface area (Å²) in [6.07, 6.45) is 5.99. The van der Waals surface area contributed by atoms with Gasteiger partial charge in [-0.2, -0.15) is 0 Å². The number of carbonyl (C=O) groups excluding carboxylic acids is 1. The monoisotopic (exact) mass is 555 g/mol. The number of aliphatic hydroxyl groups is 4. The summed E-state index contributed by atoms with van der Waals surface area (Å²) in [5.74, 6) is -1.58. The molecule has 4 N–H and O–H groups in total. The molecule has 0 saturated carbocycles. The van der Waals surface area contributed by atoms with E-state index in [0.29, 0.717) is 6.42 Å². The van der Waals surface area contributed by atoms with Gasteiger partial charge in [0.25, 0.3) is 0 Å². The van der Waals surface area contributed by atoms with Crippen LogP contribution in [-0.4, -0.2) is 95.1 Å². The van der Waals surface area contributed by atoms with Crippen molar-refractivity contribution in [2.45, 2.75) is 134 Å². The van der Waals surface area contributed by atoms with Crippen LogP contribution in [-0.2, 0) is 29.1 Å². The van der Waals surface area contributed by atoms with Crippen LogP contribution in [0.25, 0.3) is 0 Å². The summed E-state index contributed by atoms with van der Waals surface area (Å²) < 4.78 is 48.1. The number of hydrogen-bond donors (Lipinski definition) is 4. The molecule has 1 rings (SSSR count). The van der Waals surface area contributed by atoms with Gasteiger partial charge in [0.2, 0.25) is 0 Å². The summed E-state index contributed by atoms with van der Waals surface area (Å²) in [5, 5.41) is 39.6. The van der Waals surface area contributed by atoms with Crippen molar-refractivity contribution >= 4 is 16.1 Å². The zero-order valence-corrected chi connectivity index (χ0v) is 22.9. The Morgan fingerprint density at radius 1 is 0.838 bits per heavy atom. The summed E-state index contributed by atoms with van der Waals surface area (Å²) in [6.45, 7) is 1.40. The van der Waals surface area contributed by atoms with Crippen LogP contribution in [0.4, 0.5) is 0 Å². The molecule has 0 spiro atoms. The molecule has 6 atom stereocenters. The van der Waals surface area contributed by atoms with E-state index in [9.17, 15) is 38.2 Å². The highest BCUT2D eigenvalue weighted by atomic mass is 32.2.